The predicted octanol–water partition coefficient (Wildman–Crippen LogP) is 6.25. The zero-order valence-electron chi connectivity index (χ0n) is 15.9. The number of hydrogen-bond donors (Lipinski definition) is 1. The summed E-state index contributed by atoms with van der Waals surface area (Å²) < 4.78 is 0. The summed E-state index contributed by atoms with van der Waals surface area (Å²) in [6.07, 6.45) is 1.36. The van der Waals surface area contributed by atoms with Gasteiger partial charge >= 0.3 is 0 Å². The lowest BCUT2D eigenvalue weighted by molar-refractivity contribution is -0.116. The Morgan fingerprint density at radius 2 is 1.85 bits per heavy atom. The molecule has 5 heteroatoms. The van der Waals surface area contributed by atoms with Crippen LogP contribution < -0.4 is 5.32 Å². The second-order valence-electron chi connectivity index (χ2n) is 6.65. The molecule has 0 fully saturated rings. The summed E-state index contributed by atoms with van der Waals surface area (Å²) in [6, 6.07) is 14.8. The number of aryl methyl sites for hydroxylation is 3. The van der Waals surface area contributed by atoms with E-state index < -0.39 is 0 Å². The van der Waals surface area contributed by atoms with Crippen molar-refractivity contribution in [2.24, 2.45) is 0 Å². The molecular formula is C22H24N2OS2. The lowest BCUT2D eigenvalue weighted by Gasteiger charge is -2.04. The van der Waals surface area contributed by atoms with Gasteiger partial charge in [0.1, 0.15) is 0 Å². The zero-order chi connectivity index (χ0) is 19.2. The number of hydrogen-bond acceptors (Lipinski definition) is 4. The van der Waals surface area contributed by atoms with Gasteiger partial charge in [-0.05, 0) is 62.3 Å². The van der Waals surface area contributed by atoms with Crippen molar-refractivity contribution in [2.45, 2.75) is 38.5 Å². The van der Waals surface area contributed by atoms with Gasteiger partial charge in [0.05, 0.1) is 5.69 Å². The highest BCUT2D eigenvalue weighted by Crippen LogP contribution is 2.26. The fourth-order valence-electron chi connectivity index (χ4n) is 2.60. The molecule has 3 rings (SSSR count). The van der Waals surface area contributed by atoms with E-state index in [-0.39, 0.29) is 5.91 Å². The fourth-order valence-corrected chi connectivity index (χ4v) is 4.19. The minimum absolute atomic E-state index is 0.0282. The number of nitrogens with zero attached hydrogens (tertiary/aromatic N) is 1. The number of amides is 1. The van der Waals surface area contributed by atoms with E-state index in [1.807, 2.05) is 5.38 Å². The van der Waals surface area contributed by atoms with Crippen molar-refractivity contribution >= 4 is 34.1 Å². The van der Waals surface area contributed by atoms with Crippen LogP contribution in [0.5, 0.6) is 0 Å². The molecule has 0 aliphatic carbocycles. The van der Waals surface area contributed by atoms with Crippen molar-refractivity contribution < 1.29 is 4.79 Å². The molecular weight excluding hydrogens is 372 g/mol. The molecule has 1 heterocycles. The highest BCUT2D eigenvalue weighted by atomic mass is 32.2. The molecule has 3 nitrogen and oxygen atoms in total. The highest BCUT2D eigenvalue weighted by Gasteiger charge is 2.09. The molecule has 0 saturated carbocycles. The van der Waals surface area contributed by atoms with Crippen molar-refractivity contribution in [2.75, 3.05) is 11.1 Å². The number of aromatic nitrogens is 1. The van der Waals surface area contributed by atoms with Crippen LogP contribution in [0.2, 0.25) is 0 Å². The van der Waals surface area contributed by atoms with Gasteiger partial charge in [-0.2, -0.15) is 0 Å². The number of carbonyl (C=O) groups is 1. The first-order valence-electron chi connectivity index (χ1n) is 9.04. The van der Waals surface area contributed by atoms with Crippen molar-refractivity contribution in [3.05, 3.63) is 64.5 Å². The molecule has 27 heavy (non-hydrogen) atoms. The molecule has 0 aliphatic heterocycles. The van der Waals surface area contributed by atoms with Crippen molar-refractivity contribution in [3.8, 4) is 11.3 Å². The number of anilines is 1. The monoisotopic (exact) mass is 396 g/mol. The summed E-state index contributed by atoms with van der Waals surface area (Å²) in [4.78, 5) is 18.0. The average Bonchev–Trinajstić information content (AvgIpc) is 3.11. The molecule has 0 radical (unpaired) electrons. The van der Waals surface area contributed by atoms with Gasteiger partial charge in [0.2, 0.25) is 5.91 Å². The molecule has 0 unspecified atom stereocenters. The minimum Gasteiger partial charge on any atom is -0.302 e. The zero-order valence-corrected chi connectivity index (χ0v) is 17.5. The lowest BCUT2D eigenvalue weighted by Crippen LogP contribution is -2.11. The first-order chi connectivity index (χ1) is 13.0. The number of rotatable bonds is 7. The van der Waals surface area contributed by atoms with Crippen LogP contribution in [0.4, 0.5) is 5.13 Å². The SMILES string of the molecule is Cc1ccc(SCCCC(=O)Nc2nc(-c3ccc(C)c(C)c3)cs2)cc1. The summed E-state index contributed by atoms with van der Waals surface area (Å²) in [5.74, 6) is 0.961. The Hall–Kier alpha value is -2.11. The van der Waals surface area contributed by atoms with Crippen LogP contribution in [0.3, 0.4) is 0 Å². The summed E-state index contributed by atoms with van der Waals surface area (Å²) in [5, 5.41) is 5.58. The normalized spacial score (nSPS) is 10.8. The molecule has 0 saturated heterocycles. The third-order valence-electron chi connectivity index (χ3n) is 4.39. The molecule has 1 amide bonds. The molecule has 0 aliphatic rings. The second kappa shape index (κ2) is 9.20. The van der Waals surface area contributed by atoms with Crippen molar-refractivity contribution in [3.63, 3.8) is 0 Å². The molecule has 1 N–H and O–H groups in total. The van der Waals surface area contributed by atoms with E-state index in [9.17, 15) is 4.79 Å². The van der Waals surface area contributed by atoms with Crippen LogP contribution in [0, 0.1) is 20.8 Å². The number of benzene rings is 2. The molecule has 0 spiro atoms. The third kappa shape index (κ3) is 5.68. The van der Waals surface area contributed by atoms with E-state index in [4.69, 9.17) is 0 Å². The van der Waals surface area contributed by atoms with Gasteiger partial charge in [0.15, 0.2) is 5.13 Å². The number of thiazole rings is 1. The van der Waals surface area contributed by atoms with Crippen LogP contribution in [-0.4, -0.2) is 16.6 Å². The Balaban J connectivity index is 1.46. The Labute approximate surface area is 169 Å². The van der Waals surface area contributed by atoms with E-state index in [1.54, 1.807) is 11.8 Å². The molecule has 140 valence electrons. The maximum Gasteiger partial charge on any atom is 0.226 e. The van der Waals surface area contributed by atoms with E-state index >= 15 is 0 Å². The van der Waals surface area contributed by atoms with Gasteiger partial charge in [-0.15, -0.1) is 23.1 Å². The minimum atomic E-state index is 0.0282. The van der Waals surface area contributed by atoms with Crippen molar-refractivity contribution in [1.29, 1.82) is 0 Å². The van der Waals surface area contributed by atoms with E-state index in [0.29, 0.717) is 11.6 Å². The topological polar surface area (TPSA) is 42.0 Å². The van der Waals surface area contributed by atoms with Crippen molar-refractivity contribution in [1.82, 2.24) is 4.98 Å². The summed E-state index contributed by atoms with van der Waals surface area (Å²) in [6.45, 7) is 6.29. The van der Waals surface area contributed by atoms with Gasteiger partial charge in [-0.3, -0.25) is 4.79 Å². The predicted molar refractivity (Wildman–Crippen MR) is 117 cm³/mol. The maximum atomic E-state index is 12.2. The lowest BCUT2D eigenvalue weighted by atomic mass is 10.1. The van der Waals surface area contributed by atoms with Gasteiger partial charge in [-0.1, -0.05) is 29.8 Å². The van der Waals surface area contributed by atoms with Gasteiger partial charge in [-0.25, -0.2) is 4.98 Å². The fraction of sp³-hybridized carbons (Fsp3) is 0.273. The van der Waals surface area contributed by atoms with E-state index in [2.05, 4.69) is 73.5 Å². The summed E-state index contributed by atoms with van der Waals surface area (Å²) in [5.41, 5.74) is 5.78. The van der Waals surface area contributed by atoms with E-state index in [1.165, 1.54) is 32.9 Å². The van der Waals surface area contributed by atoms with Crippen LogP contribution in [0.15, 0.2) is 52.7 Å². The largest absolute Gasteiger partial charge is 0.302 e. The average molecular weight is 397 g/mol. The molecule has 1 aromatic heterocycles. The highest BCUT2D eigenvalue weighted by molar-refractivity contribution is 7.99. The molecule has 3 aromatic rings. The maximum absolute atomic E-state index is 12.2. The first kappa shape index (κ1) is 19.6. The van der Waals surface area contributed by atoms with Crippen LogP contribution >= 0.6 is 23.1 Å². The number of nitrogens with one attached hydrogen (secondary N) is 1. The van der Waals surface area contributed by atoms with Crippen LogP contribution in [-0.2, 0) is 4.79 Å². The molecule has 2 aromatic carbocycles. The third-order valence-corrected chi connectivity index (χ3v) is 6.25. The Bertz CT molecular complexity index is 916. The summed E-state index contributed by atoms with van der Waals surface area (Å²) >= 11 is 3.26. The number of carbonyl (C=O) groups excluding carboxylic acids is 1. The first-order valence-corrected chi connectivity index (χ1v) is 10.9. The Kier molecular flexibility index (Phi) is 6.69. The van der Waals surface area contributed by atoms with Crippen LogP contribution in [0.1, 0.15) is 29.5 Å². The number of thioether (sulfide) groups is 1. The molecule has 0 atom stereocenters. The smallest absolute Gasteiger partial charge is 0.226 e. The van der Waals surface area contributed by atoms with Gasteiger partial charge < -0.3 is 5.32 Å². The Morgan fingerprint density at radius 1 is 1.07 bits per heavy atom. The van der Waals surface area contributed by atoms with Gasteiger partial charge in [0, 0.05) is 22.3 Å². The Morgan fingerprint density at radius 3 is 2.59 bits per heavy atom. The summed E-state index contributed by atoms with van der Waals surface area (Å²) in [7, 11) is 0. The standard InChI is InChI=1S/C22H24N2OS2/c1-15-6-10-19(11-7-15)26-12-4-5-21(25)24-22-23-20(14-27-22)18-9-8-16(2)17(3)13-18/h6-11,13-14H,4-5,12H2,1-3H3,(H,23,24,25). The second-order valence-corrected chi connectivity index (χ2v) is 8.68. The van der Waals surface area contributed by atoms with E-state index in [0.717, 1.165) is 23.4 Å². The quantitative estimate of drug-likeness (QED) is 0.379. The molecule has 0 bridgehead atoms. The van der Waals surface area contributed by atoms with Gasteiger partial charge in [0.25, 0.3) is 0 Å². The van der Waals surface area contributed by atoms with Crippen LogP contribution in [0.25, 0.3) is 11.3 Å².